The van der Waals surface area contributed by atoms with Gasteiger partial charge in [0.2, 0.25) is 11.8 Å². The summed E-state index contributed by atoms with van der Waals surface area (Å²) in [7, 11) is 0. The molecule has 0 spiro atoms. The molecule has 0 bridgehead atoms. The highest BCUT2D eigenvalue weighted by Crippen LogP contribution is 2.48. The van der Waals surface area contributed by atoms with Crippen LogP contribution in [0.15, 0.2) is 54.6 Å². The van der Waals surface area contributed by atoms with E-state index in [0.717, 1.165) is 6.42 Å². The van der Waals surface area contributed by atoms with E-state index >= 15 is 0 Å². The third-order valence-corrected chi connectivity index (χ3v) is 5.67. The molecule has 2 aromatic carbocycles. The summed E-state index contributed by atoms with van der Waals surface area (Å²) < 4.78 is 0. The molecule has 4 rings (SSSR count). The van der Waals surface area contributed by atoms with Gasteiger partial charge in [0.25, 0.3) is 5.91 Å². The van der Waals surface area contributed by atoms with Crippen LogP contribution in [0.4, 0.5) is 5.69 Å². The van der Waals surface area contributed by atoms with Crippen LogP contribution < -0.4 is 5.32 Å². The van der Waals surface area contributed by atoms with E-state index in [1.54, 1.807) is 29.2 Å². The summed E-state index contributed by atoms with van der Waals surface area (Å²) in [5.41, 5.74) is 2.49. The predicted octanol–water partition coefficient (Wildman–Crippen LogP) is 2.73. The Morgan fingerprint density at radius 2 is 1.48 bits per heavy atom. The summed E-state index contributed by atoms with van der Waals surface area (Å²) in [5.74, 6) is 0.451. The van der Waals surface area contributed by atoms with E-state index in [-0.39, 0.29) is 23.6 Å². The van der Waals surface area contributed by atoms with Crippen molar-refractivity contribution in [2.45, 2.75) is 19.3 Å². The zero-order valence-electron chi connectivity index (χ0n) is 16.5. The molecule has 2 aromatic rings. The molecular formula is C23H25N3O3. The first-order chi connectivity index (χ1) is 14.0. The highest BCUT2D eigenvalue weighted by Gasteiger charge is 2.46. The molecule has 1 aliphatic heterocycles. The van der Waals surface area contributed by atoms with E-state index in [2.05, 4.69) is 17.4 Å². The molecule has 0 aromatic heterocycles. The number of rotatable bonds is 4. The van der Waals surface area contributed by atoms with Crippen LogP contribution >= 0.6 is 0 Å². The monoisotopic (exact) mass is 391 g/mol. The average molecular weight is 391 g/mol. The van der Waals surface area contributed by atoms with Crippen LogP contribution in [0.3, 0.4) is 0 Å². The lowest BCUT2D eigenvalue weighted by molar-refractivity contribution is -0.134. The first kappa shape index (κ1) is 19.2. The Labute approximate surface area is 170 Å². The van der Waals surface area contributed by atoms with E-state index in [1.165, 1.54) is 12.5 Å². The highest BCUT2D eigenvalue weighted by atomic mass is 16.2. The second-order valence-corrected chi connectivity index (χ2v) is 7.74. The molecule has 29 heavy (non-hydrogen) atoms. The number of carbonyl (C=O) groups is 3. The molecule has 0 radical (unpaired) electrons. The molecule has 2 aliphatic rings. The molecular weight excluding hydrogens is 366 g/mol. The van der Waals surface area contributed by atoms with E-state index in [4.69, 9.17) is 0 Å². The maximum Gasteiger partial charge on any atom is 0.253 e. The molecule has 6 nitrogen and oxygen atoms in total. The number of piperazine rings is 1. The van der Waals surface area contributed by atoms with Crippen LogP contribution in [0, 0.1) is 5.92 Å². The van der Waals surface area contributed by atoms with Crippen molar-refractivity contribution in [2.75, 3.05) is 31.5 Å². The van der Waals surface area contributed by atoms with Crippen molar-refractivity contribution in [1.29, 1.82) is 0 Å². The number of amides is 3. The number of carbonyl (C=O) groups excluding carboxylic acids is 3. The lowest BCUT2D eigenvalue weighted by atomic mass is 10.1. The largest absolute Gasteiger partial charge is 0.339 e. The van der Waals surface area contributed by atoms with Gasteiger partial charge in [-0.05, 0) is 42.2 Å². The summed E-state index contributed by atoms with van der Waals surface area (Å²) in [4.78, 5) is 40.3. The van der Waals surface area contributed by atoms with Gasteiger partial charge in [-0.25, -0.2) is 0 Å². The fourth-order valence-corrected chi connectivity index (χ4v) is 3.98. The Kier molecular flexibility index (Phi) is 5.34. The second-order valence-electron chi connectivity index (χ2n) is 7.74. The van der Waals surface area contributed by atoms with E-state index < -0.39 is 0 Å². The molecule has 1 heterocycles. The van der Waals surface area contributed by atoms with Gasteiger partial charge in [-0.15, -0.1) is 0 Å². The molecule has 6 heteroatoms. The van der Waals surface area contributed by atoms with Gasteiger partial charge in [-0.2, -0.15) is 0 Å². The first-order valence-corrected chi connectivity index (χ1v) is 10.0. The van der Waals surface area contributed by atoms with Gasteiger partial charge in [-0.3, -0.25) is 14.4 Å². The quantitative estimate of drug-likeness (QED) is 0.871. The van der Waals surface area contributed by atoms with Gasteiger partial charge in [0.05, 0.1) is 0 Å². The van der Waals surface area contributed by atoms with Crippen LogP contribution in [0.2, 0.25) is 0 Å². The first-order valence-electron chi connectivity index (χ1n) is 10.0. The van der Waals surface area contributed by atoms with Crippen LogP contribution in [0.5, 0.6) is 0 Å². The molecule has 1 saturated heterocycles. The molecule has 0 unspecified atom stereocenters. The van der Waals surface area contributed by atoms with Gasteiger partial charge >= 0.3 is 0 Å². The zero-order chi connectivity index (χ0) is 20.4. The van der Waals surface area contributed by atoms with Crippen molar-refractivity contribution < 1.29 is 14.4 Å². The van der Waals surface area contributed by atoms with Crippen molar-refractivity contribution in [2.24, 2.45) is 5.92 Å². The molecule has 1 aliphatic carbocycles. The second kappa shape index (κ2) is 8.07. The summed E-state index contributed by atoms with van der Waals surface area (Å²) in [6.45, 7) is 3.68. The van der Waals surface area contributed by atoms with Gasteiger partial charge in [0.1, 0.15) is 0 Å². The van der Waals surface area contributed by atoms with E-state index in [1.807, 2.05) is 23.1 Å². The van der Waals surface area contributed by atoms with E-state index in [0.29, 0.717) is 43.3 Å². The number of hydrogen-bond donors (Lipinski definition) is 1. The number of hydrogen-bond acceptors (Lipinski definition) is 3. The van der Waals surface area contributed by atoms with Crippen LogP contribution in [-0.2, 0) is 9.59 Å². The van der Waals surface area contributed by atoms with Crippen molar-refractivity contribution in [1.82, 2.24) is 9.80 Å². The minimum Gasteiger partial charge on any atom is -0.339 e. The fourth-order valence-electron chi connectivity index (χ4n) is 3.98. The van der Waals surface area contributed by atoms with Crippen LogP contribution in [-0.4, -0.2) is 53.7 Å². The van der Waals surface area contributed by atoms with Gasteiger partial charge in [0, 0.05) is 50.3 Å². The smallest absolute Gasteiger partial charge is 0.253 e. The van der Waals surface area contributed by atoms with Gasteiger partial charge in [-0.1, -0.05) is 30.3 Å². The summed E-state index contributed by atoms with van der Waals surface area (Å²) in [6, 6.07) is 17.1. The number of nitrogens with one attached hydrogen (secondary N) is 1. The van der Waals surface area contributed by atoms with Gasteiger partial charge < -0.3 is 15.1 Å². The minimum atomic E-state index is -0.143. The number of nitrogens with zero attached hydrogens (tertiary/aromatic N) is 2. The lowest BCUT2D eigenvalue weighted by Crippen LogP contribution is -2.51. The van der Waals surface area contributed by atoms with Crippen LogP contribution in [0.1, 0.15) is 35.2 Å². The Bertz CT molecular complexity index is 903. The van der Waals surface area contributed by atoms with Crippen LogP contribution in [0.25, 0.3) is 0 Å². The van der Waals surface area contributed by atoms with Crippen molar-refractivity contribution in [3.63, 3.8) is 0 Å². The molecule has 1 N–H and O–H groups in total. The van der Waals surface area contributed by atoms with E-state index in [9.17, 15) is 14.4 Å². The molecule has 2 atom stereocenters. The lowest BCUT2D eigenvalue weighted by Gasteiger charge is -2.35. The SMILES string of the molecule is CC(=O)Nc1ccc(C(=O)N2CCN(C(=O)[C@@H]3C[C@H]3c3ccccc3)CC2)cc1. The maximum atomic E-state index is 12.8. The van der Waals surface area contributed by atoms with Crippen molar-refractivity contribution in [3.8, 4) is 0 Å². The molecule has 2 fully saturated rings. The molecule has 150 valence electrons. The highest BCUT2D eigenvalue weighted by molar-refractivity contribution is 5.95. The standard InChI is InChI=1S/C23H25N3O3/c1-16(27)24-19-9-7-18(8-10-19)22(28)25-11-13-26(14-12-25)23(29)21-15-20(21)17-5-3-2-4-6-17/h2-10,20-21H,11-15H2,1H3,(H,24,27)/t20-,21+/m0/s1. The van der Waals surface area contributed by atoms with Gasteiger partial charge in [0.15, 0.2) is 0 Å². The third-order valence-electron chi connectivity index (χ3n) is 5.67. The average Bonchev–Trinajstić information content (AvgIpc) is 3.55. The summed E-state index contributed by atoms with van der Waals surface area (Å²) in [6.07, 6.45) is 0.919. The normalized spacial score (nSPS) is 20.9. The fraction of sp³-hybridized carbons (Fsp3) is 0.348. The summed E-state index contributed by atoms with van der Waals surface area (Å²) >= 11 is 0. The Morgan fingerprint density at radius 3 is 2.10 bits per heavy atom. The maximum absolute atomic E-state index is 12.8. The Balaban J connectivity index is 1.29. The Morgan fingerprint density at radius 1 is 0.862 bits per heavy atom. The zero-order valence-corrected chi connectivity index (χ0v) is 16.5. The van der Waals surface area contributed by atoms with Crippen molar-refractivity contribution >= 4 is 23.4 Å². The third kappa shape index (κ3) is 4.31. The number of anilines is 1. The predicted molar refractivity (Wildman–Crippen MR) is 111 cm³/mol. The minimum absolute atomic E-state index is 0.0416. The topological polar surface area (TPSA) is 69.7 Å². The summed E-state index contributed by atoms with van der Waals surface area (Å²) in [5, 5.41) is 2.69. The van der Waals surface area contributed by atoms with Crippen molar-refractivity contribution in [3.05, 3.63) is 65.7 Å². The number of benzene rings is 2. The molecule has 3 amide bonds. The Hall–Kier alpha value is -3.15. The molecule has 1 saturated carbocycles.